The standard InChI is InChI=1S/C15H21N3S/c1-10(2)12-4-3-5-13-14(12)18-15(19-13)17-11-6-8-16-9-7-11/h3-5,10-11,16H,6-9H2,1-2H3,(H,17,18). The van der Waals surface area contributed by atoms with E-state index in [4.69, 9.17) is 4.98 Å². The average Bonchev–Trinajstić information content (AvgIpc) is 2.81. The number of anilines is 1. The lowest BCUT2D eigenvalue weighted by atomic mass is 10.0. The smallest absolute Gasteiger partial charge is 0.184 e. The second-order valence-electron chi connectivity index (χ2n) is 5.54. The van der Waals surface area contributed by atoms with E-state index in [1.807, 2.05) is 0 Å². The number of nitrogens with one attached hydrogen (secondary N) is 2. The van der Waals surface area contributed by atoms with Crippen molar-refractivity contribution in [3.63, 3.8) is 0 Å². The molecule has 4 heteroatoms. The number of rotatable bonds is 3. The monoisotopic (exact) mass is 275 g/mol. The molecule has 19 heavy (non-hydrogen) atoms. The van der Waals surface area contributed by atoms with Crippen LogP contribution in [0.2, 0.25) is 0 Å². The molecule has 0 atom stereocenters. The third-order valence-electron chi connectivity index (χ3n) is 3.74. The second-order valence-corrected chi connectivity index (χ2v) is 6.57. The molecule has 0 amide bonds. The highest BCUT2D eigenvalue weighted by molar-refractivity contribution is 7.22. The molecule has 0 unspecified atom stereocenters. The van der Waals surface area contributed by atoms with Crippen LogP contribution in [-0.2, 0) is 0 Å². The van der Waals surface area contributed by atoms with Crippen molar-refractivity contribution in [3.8, 4) is 0 Å². The molecule has 0 aliphatic carbocycles. The van der Waals surface area contributed by atoms with Crippen molar-refractivity contribution in [1.29, 1.82) is 0 Å². The molecule has 0 saturated carbocycles. The molecule has 3 rings (SSSR count). The van der Waals surface area contributed by atoms with Gasteiger partial charge < -0.3 is 10.6 Å². The van der Waals surface area contributed by atoms with Crippen molar-refractivity contribution in [2.75, 3.05) is 18.4 Å². The van der Waals surface area contributed by atoms with Crippen LogP contribution in [0.3, 0.4) is 0 Å². The number of fused-ring (bicyclic) bond motifs is 1. The third kappa shape index (κ3) is 2.74. The molecule has 1 aliphatic rings. The van der Waals surface area contributed by atoms with Gasteiger partial charge in [0.2, 0.25) is 0 Å². The van der Waals surface area contributed by atoms with E-state index < -0.39 is 0 Å². The molecule has 3 nitrogen and oxygen atoms in total. The summed E-state index contributed by atoms with van der Waals surface area (Å²) in [7, 11) is 0. The van der Waals surface area contributed by atoms with Gasteiger partial charge in [-0.2, -0.15) is 0 Å². The normalized spacial score (nSPS) is 17.2. The van der Waals surface area contributed by atoms with Crippen molar-refractivity contribution in [1.82, 2.24) is 10.3 Å². The Morgan fingerprint density at radius 1 is 1.32 bits per heavy atom. The van der Waals surface area contributed by atoms with Crippen molar-refractivity contribution in [2.24, 2.45) is 0 Å². The maximum atomic E-state index is 4.82. The summed E-state index contributed by atoms with van der Waals surface area (Å²) < 4.78 is 1.29. The minimum absolute atomic E-state index is 0.525. The summed E-state index contributed by atoms with van der Waals surface area (Å²) in [5.74, 6) is 0.525. The quantitative estimate of drug-likeness (QED) is 0.899. The van der Waals surface area contributed by atoms with Gasteiger partial charge in [-0.05, 0) is 43.5 Å². The first kappa shape index (κ1) is 12.9. The van der Waals surface area contributed by atoms with Gasteiger partial charge in [0.05, 0.1) is 10.2 Å². The molecule has 102 valence electrons. The molecule has 2 N–H and O–H groups in total. The Hall–Kier alpha value is -1.13. The first-order chi connectivity index (χ1) is 9.24. The number of nitrogens with zero attached hydrogens (tertiary/aromatic N) is 1. The van der Waals surface area contributed by atoms with Crippen LogP contribution in [-0.4, -0.2) is 24.1 Å². The summed E-state index contributed by atoms with van der Waals surface area (Å²) in [6.45, 7) is 6.68. The lowest BCUT2D eigenvalue weighted by Crippen LogP contribution is -2.35. The van der Waals surface area contributed by atoms with Gasteiger partial charge in [-0.25, -0.2) is 4.98 Å². The fraction of sp³-hybridized carbons (Fsp3) is 0.533. The van der Waals surface area contributed by atoms with Crippen LogP contribution >= 0.6 is 11.3 Å². The number of hydrogen-bond donors (Lipinski definition) is 2. The Labute approximate surface area is 118 Å². The van der Waals surface area contributed by atoms with Crippen LogP contribution in [0.15, 0.2) is 18.2 Å². The topological polar surface area (TPSA) is 37.0 Å². The van der Waals surface area contributed by atoms with Crippen molar-refractivity contribution in [3.05, 3.63) is 23.8 Å². The third-order valence-corrected chi connectivity index (χ3v) is 4.69. The summed E-state index contributed by atoms with van der Waals surface area (Å²) in [6, 6.07) is 7.09. The molecular formula is C15H21N3S. The number of thiazole rings is 1. The molecule has 2 heterocycles. The van der Waals surface area contributed by atoms with Gasteiger partial charge in [0, 0.05) is 6.04 Å². The fourth-order valence-corrected chi connectivity index (χ4v) is 3.62. The Kier molecular flexibility index (Phi) is 3.71. The van der Waals surface area contributed by atoms with E-state index in [0.717, 1.165) is 18.2 Å². The van der Waals surface area contributed by atoms with Crippen LogP contribution in [0.4, 0.5) is 5.13 Å². The first-order valence-electron chi connectivity index (χ1n) is 7.11. The molecule has 1 aromatic carbocycles. The van der Waals surface area contributed by atoms with E-state index in [0.29, 0.717) is 12.0 Å². The van der Waals surface area contributed by atoms with E-state index in [-0.39, 0.29) is 0 Å². The van der Waals surface area contributed by atoms with Crippen molar-refractivity contribution in [2.45, 2.75) is 38.6 Å². The van der Waals surface area contributed by atoms with Gasteiger partial charge in [-0.15, -0.1) is 0 Å². The highest BCUT2D eigenvalue weighted by Gasteiger charge is 2.15. The summed E-state index contributed by atoms with van der Waals surface area (Å²) in [4.78, 5) is 4.82. The van der Waals surface area contributed by atoms with E-state index in [9.17, 15) is 0 Å². The van der Waals surface area contributed by atoms with Crippen LogP contribution in [0.5, 0.6) is 0 Å². The molecule has 1 aromatic heterocycles. The number of hydrogen-bond acceptors (Lipinski definition) is 4. The Morgan fingerprint density at radius 2 is 2.11 bits per heavy atom. The van der Waals surface area contributed by atoms with Gasteiger partial charge in [0.25, 0.3) is 0 Å². The highest BCUT2D eigenvalue weighted by atomic mass is 32.1. The van der Waals surface area contributed by atoms with Crippen LogP contribution in [0, 0.1) is 0 Å². The van der Waals surface area contributed by atoms with Gasteiger partial charge in [0.15, 0.2) is 5.13 Å². The second kappa shape index (κ2) is 5.47. The van der Waals surface area contributed by atoms with E-state index >= 15 is 0 Å². The van der Waals surface area contributed by atoms with Crippen LogP contribution in [0.1, 0.15) is 38.2 Å². The zero-order valence-corrected chi connectivity index (χ0v) is 12.4. The summed E-state index contributed by atoms with van der Waals surface area (Å²) in [6.07, 6.45) is 2.37. The van der Waals surface area contributed by atoms with Gasteiger partial charge in [0.1, 0.15) is 0 Å². The number of aromatic nitrogens is 1. The minimum Gasteiger partial charge on any atom is -0.359 e. The van der Waals surface area contributed by atoms with Crippen molar-refractivity contribution < 1.29 is 0 Å². The predicted octanol–water partition coefficient (Wildman–Crippen LogP) is 3.58. The van der Waals surface area contributed by atoms with Crippen molar-refractivity contribution >= 4 is 26.7 Å². The molecule has 0 bridgehead atoms. The lowest BCUT2D eigenvalue weighted by molar-refractivity contribution is 0.479. The predicted molar refractivity (Wildman–Crippen MR) is 83.2 cm³/mol. The molecule has 0 spiro atoms. The van der Waals surface area contributed by atoms with Crippen LogP contribution < -0.4 is 10.6 Å². The maximum Gasteiger partial charge on any atom is 0.184 e. The lowest BCUT2D eigenvalue weighted by Gasteiger charge is -2.23. The molecular weight excluding hydrogens is 254 g/mol. The Bertz CT molecular complexity index is 556. The molecule has 1 aliphatic heterocycles. The van der Waals surface area contributed by atoms with Gasteiger partial charge >= 0.3 is 0 Å². The summed E-state index contributed by atoms with van der Waals surface area (Å²) in [5, 5.41) is 8.08. The van der Waals surface area contributed by atoms with E-state index in [2.05, 4.69) is 42.7 Å². The van der Waals surface area contributed by atoms with Gasteiger partial charge in [-0.1, -0.05) is 37.3 Å². The number of para-hydroxylation sites is 1. The molecule has 2 aromatic rings. The van der Waals surface area contributed by atoms with Gasteiger partial charge in [-0.3, -0.25) is 0 Å². The summed E-state index contributed by atoms with van der Waals surface area (Å²) >= 11 is 1.78. The van der Waals surface area contributed by atoms with E-state index in [1.165, 1.54) is 28.6 Å². The SMILES string of the molecule is CC(C)c1cccc2sc(NC3CCNCC3)nc12. The summed E-state index contributed by atoms with van der Waals surface area (Å²) in [5.41, 5.74) is 2.53. The Morgan fingerprint density at radius 3 is 2.84 bits per heavy atom. The molecule has 1 fully saturated rings. The molecule has 1 saturated heterocycles. The highest BCUT2D eigenvalue weighted by Crippen LogP contribution is 2.32. The number of piperidine rings is 1. The zero-order chi connectivity index (χ0) is 13.2. The Balaban J connectivity index is 1.86. The zero-order valence-electron chi connectivity index (χ0n) is 11.6. The minimum atomic E-state index is 0.525. The van der Waals surface area contributed by atoms with E-state index in [1.54, 1.807) is 11.3 Å². The number of benzene rings is 1. The largest absolute Gasteiger partial charge is 0.359 e. The first-order valence-corrected chi connectivity index (χ1v) is 7.92. The molecule has 0 radical (unpaired) electrons. The average molecular weight is 275 g/mol. The van der Waals surface area contributed by atoms with Crippen LogP contribution in [0.25, 0.3) is 10.2 Å². The fourth-order valence-electron chi connectivity index (χ4n) is 2.64. The maximum absolute atomic E-state index is 4.82.